The van der Waals surface area contributed by atoms with Crippen molar-refractivity contribution in [2.45, 2.75) is 19.3 Å². The lowest BCUT2D eigenvalue weighted by Crippen LogP contribution is -2.35. The molecule has 1 aromatic heterocycles. The van der Waals surface area contributed by atoms with Crippen LogP contribution in [0.1, 0.15) is 29.6 Å². The Labute approximate surface area is 134 Å². The van der Waals surface area contributed by atoms with E-state index in [1.165, 1.54) is 13.2 Å². The van der Waals surface area contributed by atoms with Crippen molar-refractivity contribution in [2.24, 2.45) is 0 Å². The molecule has 4 nitrogen and oxygen atoms in total. The fourth-order valence-corrected chi connectivity index (χ4v) is 2.89. The Morgan fingerprint density at radius 1 is 1.22 bits per heavy atom. The molecule has 1 aliphatic rings. The molecule has 23 heavy (non-hydrogen) atoms. The van der Waals surface area contributed by atoms with Gasteiger partial charge in [-0.05, 0) is 49.6 Å². The molecular weight excluding hydrogens is 295 g/mol. The van der Waals surface area contributed by atoms with Crippen molar-refractivity contribution >= 4 is 5.91 Å². The number of halogens is 1. The molecule has 1 aliphatic heterocycles. The summed E-state index contributed by atoms with van der Waals surface area (Å²) in [7, 11) is 1.42. The molecule has 1 amide bonds. The number of nitrogens with zero attached hydrogens (tertiary/aromatic N) is 2. The molecule has 3 rings (SSSR count). The van der Waals surface area contributed by atoms with E-state index in [9.17, 15) is 9.18 Å². The van der Waals surface area contributed by atoms with Gasteiger partial charge in [0.15, 0.2) is 11.6 Å². The normalized spacial score (nSPS) is 14.6. The van der Waals surface area contributed by atoms with Gasteiger partial charge in [-0.3, -0.25) is 9.78 Å². The van der Waals surface area contributed by atoms with Crippen LogP contribution in [0.15, 0.2) is 36.5 Å². The molecule has 0 radical (unpaired) electrons. The third kappa shape index (κ3) is 3.18. The van der Waals surface area contributed by atoms with E-state index in [1.807, 2.05) is 4.90 Å². The van der Waals surface area contributed by atoms with E-state index in [0.29, 0.717) is 16.8 Å². The lowest BCUT2D eigenvalue weighted by Gasteiger charge is -2.27. The molecule has 0 aliphatic carbocycles. The van der Waals surface area contributed by atoms with Crippen molar-refractivity contribution in [3.8, 4) is 17.0 Å². The van der Waals surface area contributed by atoms with Crippen LogP contribution in [0.4, 0.5) is 4.39 Å². The SMILES string of the molecule is COc1ccc(-c2ncccc2C(=O)N2CCCCC2)cc1F. The first kappa shape index (κ1) is 15.5. The first-order valence-electron chi connectivity index (χ1n) is 7.79. The van der Waals surface area contributed by atoms with Crippen molar-refractivity contribution in [3.05, 3.63) is 47.9 Å². The molecule has 0 saturated carbocycles. The number of methoxy groups -OCH3 is 1. The number of benzene rings is 1. The lowest BCUT2D eigenvalue weighted by molar-refractivity contribution is 0.0725. The van der Waals surface area contributed by atoms with Crippen molar-refractivity contribution in [1.29, 1.82) is 0 Å². The zero-order valence-corrected chi connectivity index (χ0v) is 13.1. The number of carbonyl (C=O) groups is 1. The summed E-state index contributed by atoms with van der Waals surface area (Å²) in [5.74, 6) is -0.329. The van der Waals surface area contributed by atoms with Gasteiger partial charge >= 0.3 is 0 Å². The summed E-state index contributed by atoms with van der Waals surface area (Å²) in [6.07, 6.45) is 4.83. The number of aromatic nitrogens is 1. The van der Waals surface area contributed by atoms with Gasteiger partial charge in [0.1, 0.15) is 0 Å². The van der Waals surface area contributed by atoms with Gasteiger partial charge in [0.25, 0.3) is 5.91 Å². The van der Waals surface area contributed by atoms with E-state index in [2.05, 4.69) is 4.98 Å². The Hall–Kier alpha value is -2.43. The number of likely N-dealkylation sites (tertiary alicyclic amines) is 1. The van der Waals surface area contributed by atoms with E-state index < -0.39 is 5.82 Å². The van der Waals surface area contributed by atoms with Gasteiger partial charge in [0.05, 0.1) is 18.4 Å². The highest BCUT2D eigenvalue weighted by atomic mass is 19.1. The van der Waals surface area contributed by atoms with Crippen molar-refractivity contribution < 1.29 is 13.9 Å². The van der Waals surface area contributed by atoms with Gasteiger partial charge in [0, 0.05) is 24.8 Å². The maximum Gasteiger partial charge on any atom is 0.256 e. The van der Waals surface area contributed by atoms with Crippen molar-refractivity contribution in [1.82, 2.24) is 9.88 Å². The molecule has 0 spiro atoms. The summed E-state index contributed by atoms with van der Waals surface area (Å²) in [6, 6.07) is 8.11. The highest BCUT2D eigenvalue weighted by molar-refractivity contribution is 5.99. The number of pyridine rings is 1. The molecule has 0 N–H and O–H groups in total. The minimum atomic E-state index is -0.466. The van der Waals surface area contributed by atoms with Crippen LogP contribution in [-0.4, -0.2) is 36.0 Å². The summed E-state index contributed by atoms with van der Waals surface area (Å²) in [5.41, 5.74) is 1.59. The number of piperidine rings is 1. The smallest absolute Gasteiger partial charge is 0.256 e. The molecule has 1 saturated heterocycles. The van der Waals surface area contributed by atoms with Crippen molar-refractivity contribution in [3.63, 3.8) is 0 Å². The fraction of sp³-hybridized carbons (Fsp3) is 0.333. The maximum atomic E-state index is 14.0. The average Bonchev–Trinajstić information content (AvgIpc) is 2.62. The Kier molecular flexibility index (Phi) is 4.55. The van der Waals surface area contributed by atoms with Gasteiger partial charge < -0.3 is 9.64 Å². The van der Waals surface area contributed by atoms with Crippen LogP contribution in [0.3, 0.4) is 0 Å². The zero-order valence-electron chi connectivity index (χ0n) is 13.1. The second-order valence-electron chi connectivity index (χ2n) is 5.60. The predicted molar refractivity (Wildman–Crippen MR) is 85.9 cm³/mol. The first-order chi connectivity index (χ1) is 11.2. The van der Waals surface area contributed by atoms with Crippen LogP contribution in [-0.2, 0) is 0 Å². The van der Waals surface area contributed by atoms with E-state index in [-0.39, 0.29) is 11.7 Å². The summed E-state index contributed by atoms with van der Waals surface area (Å²) < 4.78 is 18.9. The Bertz CT molecular complexity index is 712. The molecule has 0 atom stereocenters. The Morgan fingerprint density at radius 2 is 2.00 bits per heavy atom. The average molecular weight is 314 g/mol. The number of amides is 1. The molecule has 5 heteroatoms. The number of rotatable bonds is 3. The number of hydrogen-bond donors (Lipinski definition) is 0. The standard InChI is InChI=1S/C18H19FN2O2/c1-23-16-8-7-13(12-15(16)19)17-14(6-5-9-20-17)18(22)21-10-3-2-4-11-21/h5-9,12H,2-4,10-11H2,1H3. The molecular formula is C18H19FN2O2. The van der Waals surface area contributed by atoms with E-state index >= 15 is 0 Å². The summed E-state index contributed by atoms with van der Waals surface area (Å²) >= 11 is 0. The van der Waals surface area contributed by atoms with Crippen LogP contribution in [0, 0.1) is 5.82 Å². The second-order valence-corrected chi connectivity index (χ2v) is 5.60. The third-order valence-corrected chi connectivity index (χ3v) is 4.11. The largest absolute Gasteiger partial charge is 0.494 e. The lowest BCUT2D eigenvalue weighted by atomic mass is 10.0. The van der Waals surface area contributed by atoms with Crippen LogP contribution < -0.4 is 4.74 Å². The van der Waals surface area contributed by atoms with Crippen LogP contribution >= 0.6 is 0 Å². The van der Waals surface area contributed by atoms with Crippen LogP contribution in [0.5, 0.6) is 5.75 Å². The summed E-state index contributed by atoms with van der Waals surface area (Å²) in [4.78, 5) is 18.9. The molecule has 1 fully saturated rings. The number of carbonyl (C=O) groups excluding carboxylic acids is 1. The number of ether oxygens (including phenoxy) is 1. The van der Waals surface area contributed by atoms with Crippen molar-refractivity contribution in [2.75, 3.05) is 20.2 Å². The monoisotopic (exact) mass is 314 g/mol. The third-order valence-electron chi connectivity index (χ3n) is 4.11. The van der Waals surface area contributed by atoms with E-state index in [0.717, 1.165) is 32.4 Å². The Morgan fingerprint density at radius 3 is 2.70 bits per heavy atom. The molecule has 0 unspecified atom stereocenters. The molecule has 2 aromatic rings. The van der Waals surface area contributed by atoms with Gasteiger partial charge in [-0.25, -0.2) is 4.39 Å². The van der Waals surface area contributed by atoms with E-state index in [4.69, 9.17) is 4.74 Å². The summed E-state index contributed by atoms with van der Waals surface area (Å²) in [6.45, 7) is 1.54. The number of hydrogen-bond acceptors (Lipinski definition) is 3. The van der Waals surface area contributed by atoms with Crippen LogP contribution in [0.2, 0.25) is 0 Å². The minimum Gasteiger partial charge on any atom is -0.494 e. The molecule has 1 aromatic carbocycles. The highest BCUT2D eigenvalue weighted by Crippen LogP contribution is 2.27. The van der Waals surface area contributed by atoms with Crippen LogP contribution in [0.25, 0.3) is 11.3 Å². The Balaban J connectivity index is 1.97. The first-order valence-corrected chi connectivity index (χ1v) is 7.79. The zero-order chi connectivity index (χ0) is 16.2. The second kappa shape index (κ2) is 6.77. The van der Waals surface area contributed by atoms with E-state index in [1.54, 1.807) is 30.5 Å². The maximum absolute atomic E-state index is 14.0. The molecule has 120 valence electrons. The molecule has 2 heterocycles. The topological polar surface area (TPSA) is 42.4 Å². The quantitative estimate of drug-likeness (QED) is 0.870. The van der Waals surface area contributed by atoms with Gasteiger partial charge in [0.2, 0.25) is 0 Å². The van der Waals surface area contributed by atoms with Gasteiger partial charge in [-0.2, -0.15) is 0 Å². The molecule has 0 bridgehead atoms. The fourth-order valence-electron chi connectivity index (χ4n) is 2.89. The predicted octanol–water partition coefficient (Wildman–Crippen LogP) is 3.52. The minimum absolute atomic E-state index is 0.0379. The highest BCUT2D eigenvalue weighted by Gasteiger charge is 2.22. The van der Waals surface area contributed by atoms with Gasteiger partial charge in [-0.15, -0.1) is 0 Å². The van der Waals surface area contributed by atoms with Gasteiger partial charge in [-0.1, -0.05) is 0 Å². The summed E-state index contributed by atoms with van der Waals surface area (Å²) in [5, 5.41) is 0.